The van der Waals surface area contributed by atoms with Crippen LogP contribution < -0.4 is 4.72 Å². The lowest BCUT2D eigenvalue weighted by Gasteiger charge is -2.19. The number of nitrogens with zero attached hydrogens (tertiary/aromatic N) is 4. The first kappa shape index (κ1) is 25.1. The lowest BCUT2D eigenvalue weighted by atomic mass is 10.1. The molecule has 2 aromatic heterocycles. The highest BCUT2D eigenvalue weighted by molar-refractivity contribution is 7.98. The van der Waals surface area contributed by atoms with Crippen LogP contribution in [0.3, 0.4) is 0 Å². The summed E-state index contributed by atoms with van der Waals surface area (Å²) in [5.74, 6) is 0.682. The van der Waals surface area contributed by atoms with Crippen LogP contribution in [0.25, 0.3) is 5.78 Å². The lowest BCUT2D eigenvalue weighted by molar-refractivity contribution is -0.145. The molecule has 1 atom stereocenters. The van der Waals surface area contributed by atoms with Crippen LogP contribution in [-0.2, 0) is 25.3 Å². The Morgan fingerprint density at radius 2 is 1.88 bits per heavy atom. The second kappa shape index (κ2) is 10.6. The number of thioether (sulfide) groups is 1. The molecule has 0 bridgehead atoms. The van der Waals surface area contributed by atoms with Crippen LogP contribution in [0.15, 0.2) is 40.4 Å². The number of benzene rings is 1. The van der Waals surface area contributed by atoms with Gasteiger partial charge in [-0.15, -0.1) is 5.10 Å². The largest absolute Gasteiger partial charge is 0.465 e. The van der Waals surface area contributed by atoms with Gasteiger partial charge in [0.05, 0.1) is 11.5 Å². The molecule has 0 aliphatic heterocycles. The molecule has 0 saturated heterocycles. The first-order valence-corrected chi connectivity index (χ1v) is 13.2. The summed E-state index contributed by atoms with van der Waals surface area (Å²) in [5, 5.41) is 5.07. The van der Waals surface area contributed by atoms with Crippen molar-refractivity contribution in [3.63, 3.8) is 0 Å². The molecule has 0 fully saturated rings. The molecule has 1 aromatic carbocycles. The van der Waals surface area contributed by atoms with Crippen LogP contribution in [-0.4, -0.2) is 46.6 Å². The second-order valence-electron chi connectivity index (χ2n) is 8.13. The van der Waals surface area contributed by atoms with Gasteiger partial charge in [-0.25, -0.2) is 17.9 Å². The summed E-state index contributed by atoms with van der Waals surface area (Å²) < 4.78 is 34.9. The maximum absolute atomic E-state index is 12.8. The van der Waals surface area contributed by atoms with E-state index in [4.69, 9.17) is 4.74 Å². The van der Waals surface area contributed by atoms with Crippen LogP contribution in [0.2, 0.25) is 0 Å². The number of hydrogen-bond donors (Lipinski definition) is 1. The normalized spacial score (nSPS) is 12.9. The third kappa shape index (κ3) is 6.52. The van der Waals surface area contributed by atoms with E-state index in [0.717, 1.165) is 17.0 Å². The molecule has 9 nitrogen and oxygen atoms in total. The van der Waals surface area contributed by atoms with Gasteiger partial charge < -0.3 is 4.74 Å². The average Bonchev–Trinajstić information content (AvgIpc) is 3.15. The summed E-state index contributed by atoms with van der Waals surface area (Å²) >= 11 is 1.44. The van der Waals surface area contributed by atoms with Crippen molar-refractivity contribution in [1.29, 1.82) is 0 Å². The molecule has 0 spiro atoms. The Labute approximate surface area is 198 Å². The van der Waals surface area contributed by atoms with Crippen LogP contribution in [0.1, 0.15) is 44.1 Å². The molecule has 1 N–H and O–H groups in total. The number of sulfonamides is 1. The number of nitrogens with one attached hydrogen (secondary N) is 1. The van der Waals surface area contributed by atoms with Crippen LogP contribution in [0.4, 0.5) is 0 Å². The van der Waals surface area contributed by atoms with Gasteiger partial charge in [-0.2, -0.15) is 9.71 Å². The van der Waals surface area contributed by atoms with Crippen molar-refractivity contribution >= 4 is 33.5 Å². The Hall–Kier alpha value is -2.50. The standard InChI is InChI=1S/C22H29N5O4S2/c1-6-31-20(28)19(11-14(2)3)26-33(29,30)18-9-7-17(8-10-18)13-32-22-24-21-23-15(4)12-16(5)27(21)25-22/h7-10,12,14,19,26H,6,11,13H2,1-5H3/t19-/m0/s1. The van der Waals surface area contributed by atoms with E-state index in [2.05, 4.69) is 19.8 Å². The van der Waals surface area contributed by atoms with E-state index in [0.29, 0.717) is 23.1 Å². The maximum Gasteiger partial charge on any atom is 0.324 e. The molecule has 2 heterocycles. The SMILES string of the molecule is CCOC(=O)[C@H](CC(C)C)NS(=O)(=O)c1ccc(CSc2nc3nc(C)cc(C)n3n2)cc1. The highest BCUT2D eigenvalue weighted by atomic mass is 32.2. The monoisotopic (exact) mass is 491 g/mol. The van der Waals surface area contributed by atoms with Gasteiger partial charge in [0, 0.05) is 17.1 Å². The summed E-state index contributed by atoms with van der Waals surface area (Å²) in [6.07, 6.45) is 0.354. The third-order valence-electron chi connectivity index (χ3n) is 4.78. The predicted octanol–water partition coefficient (Wildman–Crippen LogP) is 3.29. The number of carbonyl (C=O) groups excluding carboxylic acids is 1. The number of ether oxygens (including phenoxy) is 1. The van der Waals surface area contributed by atoms with Crippen molar-refractivity contribution < 1.29 is 17.9 Å². The fourth-order valence-corrected chi connectivity index (χ4v) is 5.26. The van der Waals surface area contributed by atoms with Gasteiger partial charge in [-0.05, 0) is 56.9 Å². The highest BCUT2D eigenvalue weighted by Crippen LogP contribution is 2.22. The van der Waals surface area contributed by atoms with Gasteiger partial charge in [0.2, 0.25) is 15.2 Å². The highest BCUT2D eigenvalue weighted by Gasteiger charge is 2.27. The number of rotatable bonds is 10. The Morgan fingerprint density at radius 1 is 1.18 bits per heavy atom. The van der Waals surface area contributed by atoms with E-state index in [-0.39, 0.29) is 17.4 Å². The van der Waals surface area contributed by atoms with Gasteiger partial charge >= 0.3 is 5.97 Å². The summed E-state index contributed by atoms with van der Waals surface area (Å²) in [6.45, 7) is 9.59. The van der Waals surface area contributed by atoms with Crippen LogP contribution >= 0.6 is 11.8 Å². The fraction of sp³-hybridized carbons (Fsp3) is 0.455. The predicted molar refractivity (Wildman–Crippen MR) is 126 cm³/mol. The number of hydrogen-bond acceptors (Lipinski definition) is 8. The van der Waals surface area contributed by atoms with E-state index < -0.39 is 22.0 Å². The number of fused-ring (bicyclic) bond motifs is 1. The topological polar surface area (TPSA) is 116 Å². The van der Waals surface area contributed by atoms with Crippen LogP contribution in [0, 0.1) is 19.8 Å². The van der Waals surface area contributed by atoms with E-state index in [1.807, 2.05) is 33.8 Å². The molecule has 0 aliphatic rings. The van der Waals surface area contributed by atoms with Gasteiger partial charge in [-0.1, -0.05) is 37.7 Å². The quantitative estimate of drug-likeness (QED) is 0.339. The average molecular weight is 492 g/mol. The Bertz CT molecular complexity index is 1220. The fourth-order valence-electron chi connectivity index (χ4n) is 3.28. The first-order valence-electron chi connectivity index (χ1n) is 10.7. The molecule has 178 valence electrons. The van der Waals surface area contributed by atoms with E-state index in [1.165, 1.54) is 23.9 Å². The molecule has 3 rings (SSSR count). The van der Waals surface area contributed by atoms with E-state index >= 15 is 0 Å². The zero-order valence-corrected chi connectivity index (χ0v) is 21.0. The number of aryl methyl sites for hydroxylation is 2. The minimum Gasteiger partial charge on any atom is -0.465 e. The van der Waals surface area contributed by atoms with E-state index in [1.54, 1.807) is 23.6 Å². The van der Waals surface area contributed by atoms with Crippen molar-refractivity contribution in [3.05, 3.63) is 47.3 Å². The minimum absolute atomic E-state index is 0.0930. The Kier molecular flexibility index (Phi) is 8.09. The van der Waals surface area contributed by atoms with Gasteiger partial charge in [-0.3, -0.25) is 4.79 Å². The third-order valence-corrected chi connectivity index (χ3v) is 7.17. The molecule has 33 heavy (non-hydrogen) atoms. The molecule has 0 aliphatic carbocycles. The summed E-state index contributed by atoms with van der Waals surface area (Å²) in [5.41, 5.74) is 2.76. The molecule has 3 aromatic rings. The molecule has 0 saturated carbocycles. The lowest BCUT2D eigenvalue weighted by Crippen LogP contribution is -2.42. The minimum atomic E-state index is -3.87. The van der Waals surface area contributed by atoms with Crippen molar-refractivity contribution in [2.75, 3.05) is 6.61 Å². The molecule has 0 radical (unpaired) electrons. The van der Waals surface area contributed by atoms with Gasteiger partial charge in [0.15, 0.2) is 0 Å². The van der Waals surface area contributed by atoms with Crippen LogP contribution in [0.5, 0.6) is 0 Å². The van der Waals surface area contributed by atoms with Crippen molar-refractivity contribution in [2.45, 2.75) is 62.9 Å². The molecule has 0 amide bonds. The van der Waals surface area contributed by atoms with Crippen molar-refractivity contribution in [3.8, 4) is 0 Å². The zero-order chi connectivity index (χ0) is 24.2. The number of carbonyl (C=O) groups is 1. The first-order chi connectivity index (χ1) is 15.6. The van der Waals surface area contributed by atoms with Crippen molar-refractivity contribution in [1.82, 2.24) is 24.3 Å². The Morgan fingerprint density at radius 3 is 2.52 bits per heavy atom. The number of aromatic nitrogens is 4. The maximum atomic E-state index is 12.8. The molecular formula is C22H29N5O4S2. The molecule has 0 unspecified atom stereocenters. The van der Waals surface area contributed by atoms with Gasteiger partial charge in [0.25, 0.3) is 5.78 Å². The summed E-state index contributed by atoms with van der Waals surface area (Å²) in [6, 6.07) is 7.56. The van der Waals surface area contributed by atoms with Gasteiger partial charge in [0.1, 0.15) is 6.04 Å². The molecular weight excluding hydrogens is 462 g/mol. The summed E-state index contributed by atoms with van der Waals surface area (Å²) in [4.78, 5) is 21.1. The molecule has 11 heteroatoms. The Balaban J connectivity index is 1.68. The smallest absolute Gasteiger partial charge is 0.324 e. The second-order valence-corrected chi connectivity index (χ2v) is 10.8. The van der Waals surface area contributed by atoms with Crippen molar-refractivity contribution in [2.24, 2.45) is 5.92 Å². The zero-order valence-electron chi connectivity index (χ0n) is 19.4. The number of esters is 1. The summed E-state index contributed by atoms with van der Waals surface area (Å²) in [7, 11) is -3.87. The van der Waals surface area contributed by atoms with E-state index in [9.17, 15) is 13.2 Å².